The van der Waals surface area contributed by atoms with Crippen molar-refractivity contribution in [2.75, 3.05) is 6.61 Å². The molecule has 0 aliphatic heterocycles. The maximum absolute atomic E-state index is 13.1. The number of carbonyl (C=O) groups is 1. The van der Waals surface area contributed by atoms with Crippen molar-refractivity contribution in [2.24, 2.45) is 5.41 Å². The Kier molecular flexibility index (Phi) is 7.86. The molecule has 0 saturated heterocycles. The number of aliphatic hydroxyl groups is 1. The van der Waals surface area contributed by atoms with Crippen LogP contribution >= 0.6 is 0 Å². The van der Waals surface area contributed by atoms with Gasteiger partial charge in [-0.2, -0.15) is 0 Å². The average molecular weight is 453 g/mol. The van der Waals surface area contributed by atoms with Crippen LogP contribution in [0, 0.1) is 17.3 Å². The second-order valence-corrected chi connectivity index (χ2v) is 10.2. The summed E-state index contributed by atoms with van der Waals surface area (Å²) in [5.41, 5.74) is 4.81. The summed E-state index contributed by atoms with van der Waals surface area (Å²) in [5.74, 6) is 6.69. The molecule has 176 valence electrons. The number of allylic oxidation sites excluding steroid dienone is 4. The van der Waals surface area contributed by atoms with Gasteiger partial charge in [0.05, 0.1) is 0 Å². The Balaban J connectivity index is 1.43. The maximum Gasteiger partial charge on any atom is 0.162 e. The quantitative estimate of drug-likeness (QED) is 0.282. The molecule has 34 heavy (non-hydrogen) atoms. The molecule has 1 fully saturated rings. The molecule has 1 unspecified atom stereocenters. The minimum atomic E-state index is -0.297. The molecule has 2 aliphatic carbocycles. The fourth-order valence-electron chi connectivity index (χ4n) is 5.30. The van der Waals surface area contributed by atoms with Gasteiger partial charge in [0.25, 0.3) is 0 Å². The van der Waals surface area contributed by atoms with E-state index in [0.29, 0.717) is 6.42 Å². The Bertz CT molecular complexity index is 1110. The highest BCUT2D eigenvalue weighted by Crippen LogP contribution is 2.45. The van der Waals surface area contributed by atoms with Crippen molar-refractivity contribution in [3.8, 4) is 11.8 Å². The highest BCUT2D eigenvalue weighted by Gasteiger charge is 2.41. The first kappa shape index (κ1) is 24.2. The molecule has 0 radical (unpaired) electrons. The number of aliphatic hydroxyl groups excluding tert-OH is 1. The molecule has 2 aliphatic rings. The predicted molar refractivity (Wildman–Crippen MR) is 140 cm³/mol. The van der Waals surface area contributed by atoms with Crippen molar-refractivity contribution in [3.05, 3.63) is 95.1 Å². The number of hydrogen-bond donors (Lipinski definition) is 1. The zero-order valence-corrected chi connectivity index (χ0v) is 20.4. The van der Waals surface area contributed by atoms with Gasteiger partial charge in [-0.1, -0.05) is 79.8 Å². The molecule has 0 amide bonds. The van der Waals surface area contributed by atoms with E-state index in [9.17, 15) is 9.90 Å². The van der Waals surface area contributed by atoms with Gasteiger partial charge >= 0.3 is 0 Å². The van der Waals surface area contributed by atoms with E-state index >= 15 is 0 Å². The highest BCUT2D eigenvalue weighted by atomic mass is 16.2. The van der Waals surface area contributed by atoms with Crippen LogP contribution in [0.3, 0.4) is 0 Å². The van der Waals surface area contributed by atoms with Crippen molar-refractivity contribution < 1.29 is 9.90 Å². The minimum absolute atomic E-state index is 0.0223. The third kappa shape index (κ3) is 5.60. The number of aryl methyl sites for hydroxylation is 2. The number of fused-ring (bicyclic) bond motifs is 1. The van der Waals surface area contributed by atoms with Gasteiger partial charge in [-0.3, -0.25) is 4.79 Å². The molecular formula is C32H36O2. The summed E-state index contributed by atoms with van der Waals surface area (Å²) in [4.78, 5) is 13.1. The van der Waals surface area contributed by atoms with Crippen LogP contribution in [0.25, 0.3) is 0 Å². The lowest BCUT2D eigenvalue weighted by molar-refractivity contribution is -0.128. The first-order valence-corrected chi connectivity index (χ1v) is 12.7. The van der Waals surface area contributed by atoms with Crippen molar-refractivity contribution >= 4 is 5.78 Å². The summed E-state index contributed by atoms with van der Waals surface area (Å²) >= 11 is 0. The van der Waals surface area contributed by atoms with Gasteiger partial charge in [-0.05, 0) is 79.8 Å². The predicted octanol–water partition coefficient (Wildman–Crippen LogP) is 6.50. The number of ketones is 1. The van der Waals surface area contributed by atoms with Gasteiger partial charge in [0.15, 0.2) is 5.78 Å². The fraction of sp³-hybridized carbons (Fsp3) is 0.406. The smallest absolute Gasteiger partial charge is 0.162 e. The van der Waals surface area contributed by atoms with E-state index < -0.39 is 0 Å². The largest absolute Gasteiger partial charge is 0.396 e. The van der Waals surface area contributed by atoms with Crippen LogP contribution in [0.4, 0.5) is 0 Å². The van der Waals surface area contributed by atoms with Crippen LogP contribution in [0.15, 0.2) is 72.8 Å². The number of benzene rings is 2. The Morgan fingerprint density at radius 2 is 1.88 bits per heavy atom. The lowest BCUT2D eigenvalue weighted by Gasteiger charge is -2.38. The maximum atomic E-state index is 13.1. The molecule has 2 heteroatoms. The molecule has 0 heterocycles. The molecule has 1 atom stereocenters. The van der Waals surface area contributed by atoms with E-state index in [2.05, 4.69) is 49.1 Å². The van der Waals surface area contributed by atoms with Gasteiger partial charge in [0, 0.05) is 29.4 Å². The molecule has 1 N–H and O–H groups in total. The van der Waals surface area contributed by atoms with Gasteiger partial charge < -0.3 is 5.11 Å². The number of hydrogen-bond acceptors (Lipinski definition) is 2. The summed E-state index contributed by atoms with van der Waals surface area (Å²) in [7, 11) is 0. The first-order chi connectivity index (χ1) is 16.5. The first-order valence-electron chi connectivity index (χ1n) is 12.7. The molecule has 0 bridgehead atoms. The molecule has 0 spiro atoms. The number of rotatable bonds is 8. The minimum Gasteiger partial charge on any atom is -0.396 e. The molecule has 4 rings (SSSR count). The van der Waals surface area contributed by atoms with Crippen LogP contribution in [0.2, 0.25) is 0 Å². The topological polar surface area (TPSA) is 37.3 Å². The third-order valence-corrected chi connectivity index (χ3v) is 7.64. The van der Waals surface area contributed by atoms with Crippen LogP contribution in [0.5, 0.6) is 0 Å². The summed E-state index contributed by atoms with van der Waals surface area (Å²) in [5, 5.41) is 9.18. The average Bonchev–Trinajstić information content (AvgIpc) is 2.83. The second-order valence-electron chi connectivity index (χ2n) is 10.2. The van der Waals surface area contributed by atoms with Crippen molar-refractivity contribution in [2.45, 2.75) is 70.1 Å². The normalized spacial score (nSPS) is 21.0. The van der Waals surface area contributed by atoms with Gasteiger partial charge in [-0.15, -0.1) is 0 Å². The molecule has 1 saturated carbocycles. The van der Waals surface area contributed by atoms with E-state index in [0.717, 1.165) is 50.5 Å². The summed E-state index contributed by atoms with van der Waals surface area (Å²) in [6.07, 6.45) is 16.8. The van der Waals surface area contributed by atoms with Gasteiger partial charge in [0.2, 0.25) is 0 Å². The molecule has 2 aromatic rings. The van der Waals surface area contributed by atoms with E-state index in [1.165, 1.54) is 23.1 Å². The molecule has 2 nitrogen and oxygen atoms in total. The summed E-state index contributed by atoms with van der Waals surface area (Å²) in [6, 6.07) is 16.8. The Hall–Kier alpha value is -2.89. The molecular weight excluding hydrogens is 416 g/mol. The fourth-order valence-corrected chi connectivity index (χ4v) is 5.30. The standard InChI is InChI=1S/C32H36O2/c1-31(20-8-15-28-18-17-27(14-9-24-33)25-29(28)31)19-6-5-16-30(34)32(22-10-23-32)21-7-13-26-11-3-2-4-12-26/h2-6,11-12,16-19,25,33H,8-10,14-15,20-24H2,1H3/b16-5+,19-6+. The van der Waals surface area contributed by atoms with Crippen molar-refractivity contribution in [1.29, 1.82) is 0 Å². The Morgan fingerprint density at radius 3 is 2.62 bits per heavy atom. The molecule has 0 aromatic heterocycles. The summed E-state index contributed by atoms with van der Waals surface area (Å²) in [6.45, 7) is 2.53. The monoisotopic (exact) mass is 452 g/mol. The van der Waals surface area contributed by atoms with Crippen LogP contribution in [-0.2, 0) is 23.1 Å². The number of carbonyl (C=O) groups excluding carboxylic acids is 1. The van der Waals surface area contributed by atoms with Crippen molar-refractivity contribution in [3.63, 3.8) is 0 Å². The zero-order chi connectivity index (χ0) is 23.9. The van der Waals surface area contributed by atoms with Crippen LogP contribution in [-0.4, -0.2) is 17.5 Å². The van der Waals surface area contributed by atoms with E-state index in [-0.39, 0.29) is 23.2 Å². The highest BCUT2D eigenvalue weighted by molar-refractivity contribution is 5.96. The zero-order valence-electron chi connectivity index (χ0n) is 20.4. The second kappa shape index (κ2) is 11.0. The van der Waals surface area contributed by atoms with Crippen LogP contribution < -0.4 is 0 Å². The van der Waals surface area contributed by atoms with E-state index in [1.807, 2.05) is 36.4 Å². The Labute approximate surface area is 204 Å². The van der Waals surface area contributed by atoms with Crippen LogP contribution in [0.1, 0.15) is 74.1 Å². The SMILES string of the molecule is CC1(/C=C/C=C/C(=O)C2(CC#Cc3ccccc3)CCC2)CCCc2ccc(CCCO)cc21. The Morgan fingerprint density at radius 1 is 1.06 bits per heavy atom. The molecule has 2 aromatic carbocycles. The summed E-state index contributed by atoms with van der Waals surface area (Å²) < 4.78 is 0. The van der Waals surface area contributed by atoms with Gasteiger partial charge in [-0.25, -0.2) is 0 Å². The lowest BCUT2D eigenvalue weighted by Crippen LogP contribution is -2.36. The third-order valence-electron chi connectivity index (χ3n) is 7.64. The van der Waals surface area contributed by atoms with Crippen molar-refractivity contribution in [1.82, 2.24) is 0 Å². The van der Waals surface area contributed by atoms with Gasteiger partial charge in [0.1, 0.15) is 0 Å². The van der Waals surface area contributed by atoms with E-state index in [4.69, 9.17) is 0 Å². The van der Waals surface area contributed by atoms with E-state index in [1.54, 1.807) is 6.08 Å². The lowest BCUT2D eigenvalue weighted by atomic mass is 9.64.